The van der Waals surface area contributed by atoms with Crippen LogP contribution in [0.2, 0.25) is 0 Å². The van der Waals surface area contributed by atoms with E-state index in [9.17, 15) is 24.3 Å². The molecule has 4 N–H and O–H groups in total. The summed E-state index contributed by atoms with van der Waals surface area (Å²) in [5.74, 6) is -0.924. The van der Waals surface area contributed by atoms with Crippen molar-refractivity contribution in [2.24, 2.45) is 41.9 Å². The van der Waals surface area contributed by atoms with E-state index in [1.165, 1.54) is 15.7 Å². The first-order valence-corrected chi connectivity index (χ1v) is 18.2. The minimum Gasteiger partial charge on any atom is -0.493 e. The zero-order chi connectivity index (χ0) is 39.5. The van der Waals surface area contributed by atoms with Crippen molar-refractivity contribution in [1.82, 2.24) is 19.8 Å². The Kier molecular flexibility index (Phi) is 15.9. The number of imidazole rings is 1. The first kappa shape index (κ1) is 43.0. The highest BCUT2D eigenvalue weighted by atomic mass is 16.6. The summed E-state index contributed by atoms with van der Waals surface area (Å²) in [5, 5.41) is 13.5. The van der Waals surface area contributed by atoms with Crippen molar-refractivity contribution < 1.29 is 48.0 Å². The number of nitrogens with one attached hydrogen (secondary N) is 1. The Morgan fingerprint density at radius 3 is 2.34 bits per heavy atom. The van der Waals surface area contributed by atoms with E-state index in [-0.39, 0.29) is 49.1 Å². The van der Waals surface area contributed by atoms with Crippen molar-refractivity contribution in [3.05, 3.63) is 42.0 Å². The molecule has 5 atom stereocenters. The number of carbonyl (C=O) groups is 4. The molecule has 296 valence electrons. The smallest absolute Gasteiger partial charge is 0.409 e. The first-order valence-electron chi connectivity index (χ1n) is 18.2. The molecule has 1 aliphatic heterocycles. The lowest BCUT2D eigenvalue weighted by molar-refractivity contribution is -0.130. The van der Waals surface area contributed by atoms with Gasteiger partial charge in [-0.05, 0) is 68.6 Å². The van der Waals surface area contributed by atoms with Gasteiger partial charge in [0.25, 0.3) is 0 Å². The molecule has 3 amide bonds. The van der Waals surface area contributed by atoms with Gasteiger partial charge in [0.05, 0.1) is 31.3 Å². The Morgan fingerprint density at radius 2 is 1.77 bits per heavy atom. The number of methoxy groups -OCH3 is 2. The molecule has 15 heteroatoms. The number of esters is 1. The molecule has 53 heavy (non-hydrogen) atoms. The van der Waals surface area contributed by atoms with E-state index in [4.69, 9.17) is 29.4 Å². The Balaban J connectivity index is 1.93. The van der Waals surface area contributed by atoms with Gasteiger partial charge in [0.2, 0.25) is 17.6 Å². The van der Waals surface area contributed by atoms with Crippen LogP contribution in [0.4, 0.5) is 4.79 Å². The highest BCUT2D eigenvalue weighted by molar-refractivity contribution is 5.85. The number of hydrogen-bond donors (Lipinski definition) is 3. The fraction of sp³-hybridized carbons (Fsp3) is 0.658. The van der Waals surface area contributed by atoms with Crippen LogP contribution in [0.3, 0.4) is 0 Å². The van der Waals surface area contributed by atoms with Crippen LogP contribution in [-0.4, -0.2) is 102 Å². The monoisotopic (exact) mass is 745 g/mol. The molecule has 15 nitrogen and oxygen atoms in total. The zero-order valence-electron chi connectivity index (χ0n) is 32.6. The standard InChI is InChI=1S/C38H59N5O10/c1-23(2)26(17-25-11-12-29(50-9)31(18-25)51-16-10-15-49-8)19-28-30(20-27(24(3)4)34(44)41-22-38(5,6)36(39)46)53-32(43(28)37(47)48)21-52-35(45)33-40-13-14-42(33)7/h11-14,18,23-24,26-28,30,32H,10,15-17,19-22H2,1-9H3,(H2,39,46)(H,41,44)(H,47,48)/t26-,27+,28+,30+,32?/m1/s1. The summed E-state index contributed by atoms with van der Waals surface area (Å²) in [5.41, 5.74) is 5.56. The lowest BCUT2D eigenvalue weighted by atomic mass is 9.80. The number of carbonyl (C=O) groups excluding carboxylic acids is 3. The summed E-state index contributed by atoms with van der Waals surface area (Å²) in [4.78, 5) is 56.7. The van der Waals surface area contributed by atoms with E-state index in [0.717, 1.165) is 5.56 Å². The SMILES string of the molecule is COCCCOc1cc(C[C@H](C[C@H]2[C@H](C[C@H](C(=O)NCC(C)(C)C(N)=O)C(C)C)OC(COC(=O)c3nccn3C)N2C(=O)O)C(C)C)ccc1OC. The summed E-state index contributed by atoms with van der Waals surface area (Å²) in [6.07, 6.45) is 1.88. The summed E-state index contributed by atoms with van der Waals surface area (Å²) >= 11 is 0. The van der Waals surface area contributed by atoms with Crippen molar-refractivity contribution in [2.45, 2.75) is 85.6 Å². The number of rotatable bonds is 21. The highest BCUT2D eigenvalue weighted by Crippen LogP contribution is 2.37. The molecule has 0 bridgehead atoms. The van der Waals surface area contributed by atoms with Crippen molar-refractivity contribution in [3.63, 3.8) is 0 Å². The topological polar surface area (TPSA) is 194 Å². The Bertz CT molecular complexity index is 1530. The molecule has 1 fully saturated rings. The van der Waals surface area contributed by atoms with Gasteiger partial charge in [-0.2, -0.15) is 0 Å². The number of nitrogens with zero attached hydrogens (tertiary/aromatic N) is 3. The van der Waals surface area contributed by atoms with Crippen LogP contribution in [0.1, 0.15) is 77.0 Å². The fourth-order valence-electron chi connectivity index (χ4n) is 6.40. The van der Waals surface area contributed by atoms with E-state index in [1.807, 2.05) is 32.0 Å². The van der Waals surface area contributed by atoms with Crippen LogP contribution >= 0.6 is 0 Å². The largest absolute Gasteiger partial charge is 0.493 e. The summed E-state index contributed by atoms with van der Waals surface area (Å²) in [6, 6.07) is 5.10. The van der Waals surface area contributed by atoms with Crippen LogP contribution in [0.5, 0.6) is 11.5 Å². The molecule has 3 rings (SSSR count). The highest BCUT2D eigenvalue weighted by Gasteiger charge is 2.48. The first-order chi connectivity index (χ1) is 25.0. The lowest BCUT2D eigenvalue weighted by Gasteiger charge is -2.33. The van der Waals surface area contributed by atoms with Gasteiger partial charge in [0.1, 0.15) is 6.61 Å². The van der Waals surface area contributed by atoms with Gasteiger partial charge < -0.3 is 44.4 Å². The third-order valence-electron chi connectivity index (χ3n) is 9.97. The predicted molar refractivity (Wildman–Crippen MR) is 196 cm³/mol. The predicted octanol–water partition coefficient (Wildman–Crippen LogP) is 4.27. The number of aryl methyl sites for hydroxylation is 1. The molecule has 0 saturated carbocycles. The van der Waals surface area contributed by atoms with Crippen LogP contribution in [0.25, 0.3) is 0 Å². The second-order valence-corrected chi connectivity index (χ2v) is 15.0. The van der Waals surface area contributed by atoms with Crippen LogP contribution in [0.15, 0.2) is 30.6 Å². The Hall–Kier alpha value is -4.37. The molecule has 2 heterocycles. The van der Waals surface area contributed by atoms with Gasteiger partial charge in [-0.15, -0.1) is 0 Å². The maximum atomic E-state index is 13.6. The molecule has 0 aliphatic carbocycles. The minimum absolute atomic E-state index is 0.0285. The van der Waals surface area contributed by atoms with Crippen molar-refractivity contribution in [2.75, 3.05) is 40.6 Å². The van der Waals surface area contributed by atoms with E-state index in [2.05, 4.69) is 24.1 Å². The summed E-state index contributed by atoms with van der Waals surface area (Å²) in [7, 11) is 4.88. The third kappa shape index (κ3) is 11.8. The number of nitrogens with two attached hydrogens (primary N) is 1. The molecule has 2 aromatic rings. The zero-order valence-corrected chi connectivity index (χ0v) is 32.6. The third-order valence-corrected chi connectivity index (χ3v) is 9.97. The molecule has 1 aromatic heterocycles. The summed E-state index contributed by atoms with van der Waals surface area (Å²) < 4.78 is 30.2. The number of carboxylic acid groups (broad SMARTS) is 1. The normalized spacial score (nSPS) is 18.5. The minimum atomic E-state index is -1.23. The molecule has 1 unspecified atom stereocenters. The van der Waals surface area contributed by atoms with E-state index >= 15 is 0 Å². The van der Waals surface area contributed by atoms with Gasteiger partial charge in [0.15, 0.2) is 17.7 Å². The van der Waals surface area contributed by atoms with Gasteiger partial charge in [-0.1, -0.05) is 33.8 Å². The number of benzene rings is 1. The molecule has 1 aliphatic rings. The molecule has 0 spiro atoms. The number of ether oxygens (including phenoxy) is 5. The van der Waals surface area contributed by atoms with Crippen molar-refractivity contribution >= 4 is 23.9 Å². The number of hydrogen-bond acceptors (Lipinski definition) is 10. The molecule has 1 aromatic carbocycles. The Morgan fingerprint density at radius 1 is 1.06 bits per heavy atom. The lowest BCUT2D eigenvalue weighted by Crippen LogP contribution is -2.47. The number of primary amides is 1. The van der Waals surface area contributed by atoms with Gasteiger partial charge in [0, 0.05) is 52.0 Å². The van der Waals surface area contributed by atoms with Crippen molar-refractivity contribution in [1.29, 1.82) is 0 Å². The second kappa shape index (κ2) is 19.6. The van der Waals surface area contributed by atoms with Crippen LogP contribution in [0, 0.1) is 29.1 Å². The molecular weight excluding hydrogens is 686 g/mol. The fourth-order valence-corrected chi connectivity index (χ4v) is 6.40. The van der Waals surface area contributed by atoms with Gasteiger partial charge in [-0.25, -0.2) is 14.6 Å². The van der Waals surface area contributed by atoms with Crippen molar-refractivity contribution in [3.8, 4) is 11.5 Å². The van der Waals surface area contributed by atoms with Gasteiger partial charge >= 0.3 is 12.1 Å². The molecule has 0 radical (unpaired) electrons. The molecule has 1 saturated heterocycles. The van der Waals surface area contributed by atoms with Gasteiger partial charge in [-0.3, -0.25) is 14.5 Å². The number of amides is 3. The Labute approximate surface area is 312 Å². The van der Waals surface area contributed by atoms with E-state index in [1.54, 1.807) is 41.3 Å². The van der Waals surface area contributed by atoms with E-state index in [0.29, 0.717) is 44.0 Å². The quantitative estimate of drug-likeness (QED) is 0.122. The average molecular weight is 746 g/mol. The van der Waals surface area contributed by atoms with Crippen LogP contribution < -0.4 is 20.5 Å². The second-order valence-electron chi connectivity index (χ2n) is 15.0. The average Bonchev–Trinajstić information content (AvgIpc) is 3.69. The maximum Gasteiger partial charge on any atom is 0.409 e. The number of aromatic nitrogens is 2. The van der Waals surface area contributed by atoms with E-state index < -0.39 is 47.7 Å². The maximum absolute atomic E-state index is 13.6. The summed E-state index contributed by atoms with van der Waals surface area (Å²) in [6.45, 7) is 12.0. The van der Waals surface area contributed by atoms with Crippen LogP contribution in [-0.2, 0) is 37.3 Å². The molecular formula is C38H59N5O10.